The molecule has 0 aromatic carbocycles. The Bertz CT molecular complexity index is 606. The molecule has 4 rings (SSSR count). The molecule has 8 heteroatoms. The molecule has 4 fully saturated rings. The number of nitrogens with zero attached hydrogens (tertiary/aromatic N) is 2. The summed E-state index contributed by atoms with van der Waals surface area (Å²) in [6.45, 7) is 9.66. The first-order valence-corrected chi connectivity index (χ1v) is 9.07. The number of carbonyl (C=O) groups excluding carboxylic acids is 2. The predicted octanol–water partition coefficient (Wildman–Crippen LogP) is 3.58. The minimum absolute atomic E-state index is 0.0876. The van der Waals surface area contributed by atoms with Crippen molar-refractivity contribution in [2.24, 2.45) is 10.8 Å². The highest BCUT2D eigenvalue weighted by Gasteiger charge is 2.81. The van der Waals surface area contributed by atoms with E-state index < -0.39 is 28.7 Å². The Morgan fingerprint density at radius 1 is 0.962 bits per heavy atom. The Kier molecular flexibility index (Phi) is 4.09. The van der Waals surface area contributed by atoms with Gasteiger partial charge in [-0.15, -0.1) is 0 Å². The molecular weight excluding hydrogens is 349 g/mol. The first kappa shape index (κ1) is 19.3. The van der Waals surface area contributed by atoms with E-state index in [2.05, 4.69) is 0 Å². The Balaban J connectivity index is 1.63. The molecule has 2 bridgehead atoms. The number of ether oxygens (including phenoxy) is 1. The summed E-state index contributed by atoms with van der Waals surface area (Å²) in [5.41, 5.74) is -3.07. The molecule has 0 N–H and O–H groups in total. The zero-order chi connectivity index (χ0) is 19.7. The molecule has 2 atom stereocenters. The van der Waals surface area contributed by atoms with Gasteiger partial charge < -0.3 is 14.5 Å². The third kappa shape index (κ3) is 2.85. The SMILES string of the molecule is C[C@H]1CN(C(=O)C23CC(C(F)(F)F)(C2)C3)[C@@H](C)CN1C(=O)OC(C)(C)C. The molecule has 1 saturated heterocycles. The van der Waals surface area contributed by atoms with Gasteiger partial charge in [-0.3, -0.25) is 4.79 Å². The van der Waals surface area contributed by atoms with Crippen LogP contribution in [0.4, 0.5) is 18.0 Å². The molecule has 0 aromatic rings. The quantitative estimate of drug-likeness (QED) is 0.703. The highest BCUT2D eigenvalue weighted by Crippen LogP contribution is 2.78. The molecule has 5 nitrogen and oxygen atoms in total. The van der Waals surface area contributed by atoms with E-state index in [9.17, 15) is 22.8 Å². The first-order valence-electron chi connectivity index (χ1n) is 9.07. The van der Waals surface area contributed by atoms with Gasteiger partial charge in [0.05, 0.1) is 10.8 Å². The summed E-state index contributed by atoms with van der Waals surface area (Å²) in [6, 6.07) is -0.490. The van der Waals surface area contributed by atoms with E-state index in [-0.39, 0.29) is 37.3 Å². The van der Waals surface area contributed by atoms with Crippen molar-refractivity contribution in [2.75, 3.05) is 13.1 Å². The minimum atomic E-state index is -4.22. The number of amides is 2. The van der Waals surface area contributed by atoms with Crippen LogP contribution in [0.5, 0.6) is 0 Å². The molecule has 1 aliphatic heterocycles. The van der Waals surface area contributed by atoms with Crippen LogP contribution in [0.1, 0.15) is 53.9 Å². The third-order valence-electron chi connectivity index (χ3n) is 5.96. The Morgan fingerprint density at radius 3 is 1.88 bits per heavy atom. The van der Waals surface area contributed by atoms with Gasteiger partial charge in [0.1, 0.15) is 5.60 Å². The summed E-state index contributed by atoms with van der Waals surface area (Å²) in [5, 5.41) is 0. The highest BCUT2D eigenvalue weighted by atomic mass is 19.4. The van der Waals surface area contributed by atoms with E-state index in [1.165, 1.54) is 0 Å². The van der Waals surface area contributed by atoms with Gasteiger partial charge in [0.25, 0.3) is 0 Å². The number of rotatable bonds is 1. The fourth-order valence-electron chi connectivity index (χ4n) is 4.60. The van der Waals surface area contributed by atoms with Crippen LogP contribution in [-0.4, -0.2) is 58.8 Å². The van der Waals surface area contributed by atoms with E-state index >= 15 is 0 Å². The monoisotopic (exact) mass is 376 g/mol. The normalized spacial score (nSPS) is 36.9. The number of alkyl halides is 3. The van der Waals surface area contributed by atoms with E-state index in [0.717, 1.165) is 0 Å². The standard InChI is InChI=1S/C18H27F3N2O3/c1-11-7-23(14(25)26-15(3,4)5)12(2)6-22(11)13(24)16-8-17(9-16,10-16)18(19,20)21/h11-12H,6-10H2,1-5H3/t11-,12-,16?,17?/m0/s1. The molecule has 0 aromatic heterocycles. The summed E-state index contributed by atoms with van der Waals surface area (Å²) in [4.78, 5) is 28.5. The zero-order valence-electron chi connectivity index (χ0n) is 15.9. The second-order valence-electron chi connectivity index (χ2n) is 9.38. The van der Waals surface area contributed by atoms with E-state index in [4.69, 9.17) is 4.74 Å². The van der Waals surface area contributed by atoms with Crippen molar-refractivity contribution in [3.63, 3.8) is 0 Å². The predicted molar refractivity (Wildman–Crippen MR) is 88.3 cm³/mol. The fraction of sp³-hybridized carbons (Fsp3) is 0.889. The largest absolute Gasteiger partial charge is 0.444 e. The summed E-state index contributed by atoms with van der Waals surface area (Å²) in [7, 11) is 0. The number of carbonyl (C=O) groups is 2. The van der Waals surface area contributed by atoms with Gasteiger partial charge in [-0.25, -0.2) is 4.79 Å². The second-order valence-corrected chi connectivity index (χ2v) is 9.38. The highest BCUT2D eigenvalue weighted by molar-refractivity contribution is 5.87. The van der Waals surface area contributed by atoms with Gasteiger partial charge in [0, 0.05) is 25.2 Å². The fourth-order valence-corrected chi connectivity index (χ4v) is 4.60. The Hall–Kier alpha value is -1.47. The molecule has 148 valence electrons. The molecule has 3 aliphatic carbocycles. The minimum Gasteiger partial charge on any atom is -0.444 e. The third-order valence-corrected chi connectivity index (χ3v) is 5.96. The van der Waals surface area contributed by atoms with Gasteiger partial charge in [0.2, 0.25) is 5.91 Å². The van der Waals surface area contributed by atoms with Crippen molar-refractivity contribution in [3.05, 3.63) is 0 Å². The topological polar surface area (TPSA) is 49.9 Å². The average Bonchev–Trinajstić information content (AvgIpc) is 2.33. The lowest BCUT2D eigenvalue weighted by molar-refractivity contribution is -0.353. The molecule has 0 unspecified atom stereocenters. The Morgan fingerprint density at radius 2 is 1.42 bits per heavy atom. The number of hydrogen-bond acceptors (Lipinski definition) is 3. The molecule has 0 spiro atoms. The maximum Gasteiger partial charge on any atom is 0.410 e. The van der Waals surface area contributed by atoms with Gasteiger partial charge in [-0.05, 0) is 53.9 Å². The van der Waals surface area contributed by atoms with Crippen molar-refractivity contribution in [2.45, 2.75) is 77.7 Å². The van der Waals surface area contributed by atoms with E-state index in [1.807, 2.05) is 13.8 Å². The molecule has 4 aliphatic rings. The summed E-state index contributed by atoms with van der Waals surface area (Å²) >= 11 is 0. The van der Waals surface area contributed by atoms with Crippen molar-refractivity contribution >= 4 is 12.0 Å². The maximum atomic E-state index is 13.0. The summed E-state index contributed by atoms with van der Waals surface area (Å²) < 4.78 is 44.5. The van der Waals surface area contributed by atoms with Crippen LogP contribution < -0.4 is 0 Å². The number of piperazine rings is 1. The van der Waals surface area contributed by atoms with E-state index in [0.29, 0.717) is 13.1 Å². The molecule has 3 saturated carbocycles. The summed E-state index contributed by atoms with van der Waals surface area (Å²) in [6.07, 6.45) is -4.91. The first-order chi connectivity index (χ1) is 11.7. The molecule has 26 heavy (non-hydrogen) atoms. The van der Waals surface area contributed by atoms with Crippen LogP contribution in [0.2, 0.25) is 0 Å². The maximum absolute atomic E-state index is 13.0. The van der Waals surface area contributed by atoms with Crippen LogP contribution in [0.15, 0.2) is 0 Å². The lowest BCUT2D eigenvalue weighted by atomic mass is 9.34. The lowest BCUT2D eigenvalue weighted by Gasteiger charge is -2.70. The number of halogens is 3. The van der Waals surface area contributed by atoms with Crippen molar-refractivity contribution < 1.29 is 27.5 Å². The second kappa shape index (κ2) is 5.52. The van der Waals surface area contributed by atoms with Crippen molar-refractivity contribution in [1.82, 2.24) is 9.80 Å². The van der Waals surface area contributed by atoms with Gasteiger partial charge >= 0.3 is 12.3 Å². The average molecular weight is 376 g/mol. The Labute approximate surface area is 151 Å². The smallest absolute Gasteiger partial charge is 0.410 e. The zero-order valence-corrected chi connectivity index (χ0v) is 15.9. The van der Waals surface area contributed by atoms with Crippen molar-refractivity contribution in [1.29, 1.82) is 0 Å². The van der Waals surface area contributed by atoms with Crippen molar-refractivity contribution in [3.8, 4) is 0 Å². The van der Waals surface area contributed by atoms with Gasteiger partial charge in [-0.1, -0.05) is 0 Å². The van der Waals surface area contributed by atoms with Gasteiger partial charge in [0.15, 0.2) is 0 Å². The molecule has 2 amide bonds. The summed E-state index contributed by atoms with van der Waals surface area (Å²) in [5.74, 6) is -0.188. The van der Waals surface area contributed by atoms with Crippen LogP contribution >= 0.6 is 0 Å². The lowest BCUT2D eigenvalue weighted by Crippen LogP contribution is -2.74. The molecule has 0 radical (unpaired) electrons. The van der Waals surface area contributed by atoms with Crippen LogP contribution in [0.25, 0.3) is 0 Å². The molecule has 1 heterocycles. The van der Waals surface area contributed by atoms with E-state index in [1.54, 1.807) is 30.6 Å². The van der Waals surface area contributed by atoms with Crippen LogP contribution in [0, 0.1) is 10.8 Å². The van der Waals surface area contributed by atoms with Crippen LogP contribution in [-0.2, 0) is 9.53 Å². The number of hydrogen-bond donors (Lipinski definition) is 0. The molecular formula is C18H27F3N2O3. The van der Waals surface area contributed by atoms with Crippen LogP contribution in [0.3, 0.4) is 0 Å². The van der Waals surface area contributed by atoms with Gasteiger partial charge in [-0.2, -0.15) is 13.2 Å².